The van der Waals surface area contributed by atoms with E-state index in [-0.39, 0.29) is 0 Å². The van der Waals surface area contributed by atoms with Crippen LogP contribution in [0.15, 0.2) is 12.1 Å². The van der Waals surface area contributed by atoms with Crippen molar-refractivity contribution in [3.63, 3.8) is 0 Å². The Morgan fingerprint density at radius 2 is 2.36 bits per heavy atom. The summed E-state index contributed by atoms with van der Waals surface area (Å²) in [6, 6.07) is 4.15. The van der Waals surface area contributed by atoms with Gasteiger partial charge in [0.15, 0.2) is 0 Å². The van der Waals surface area contributed by atoms with Crippen LogP contribution in [0.25, 0.3) is 0 Å². The summed E-state index contributed by atoms with van der Waals surface area (Å²) in [6.45, 7) is 2.85. The quantitative estimate of drug-likeness (QED) is 0.624. The van der Waals surface area contributed by atoms with Gasteiger partial charge >= 0.3 is 0 Å². The van der Waals surface area contributed by atoms with Crippen molar-refractivity contribution in [3.05, 3.63) is 21.9 Å². The minimum absolute atomic E-state index is 0.761. The maximum atomic E-state index is 3.07. The number of hydrogen-bond acceptors (Lipinski definition) is 2. The molecule has 0 fully saturated rings. The molecule has 0 spiro atoms. The van der Waals surface area contributed by atoms with Gasteiger partial charge in [0.25, 0.3) is 0 Å². The summed E-state index contributed by atoms with van der Waals surface area (Å²) in [5.74, 6) is 6.09. The Kier molecular flexibility index (Phi) is 3.15. The normalized spacial score (nSPS) is 8.91. The number of hydrogen-bond donors (Lipinski definition) is 1. The van der Waals surface area contributed by atoms with Crippen molar-refractivity contribution in [1.29, 1.82) is 0 Å². The lowest BCUT2D eigenvalue weighted by molar-refractivity contribution is 0.938. The van der Waals surface area contributed by atoms with Crippen molar-refractivity contribution in [2.45, 2.75) is 6.92 Å². The minimum Gasteiger partial charge on any atom is -0.309 e. The standard InChI is InChI=1S/C9H11NS/c1-8-5-6-9(11-8)4-3-7-10-2/h5-6,10H,7H2,1-2H3. The van der Waals surface area contributed by atoms with Crippen LogP contribution >= 0.6 is 11.3 Å². The number of aryl methyl sites for hydroxylation is 1. The second-order valence-electron chi connectivity index (χ2n) is 2.24. The molecule has 0 amide bonds. The van der Waals surface area contributed by atoms with Crippen molar-refractivity contribution in [3.8, 4) is 11.8 Å². The van der Waals surface area contributed by atoms with Crippen LogP contribution in [0.5, 0.6) is 0 Å². The molecule has 0 radical (unpaired) electrons. The lowest BCUT2D eigenvalue weighted by Gasteiger charge is -1.81. The van der Waals surface area contributed by atoms with Gasteiger partial charge in [-0.2, -0.15) is 0 Å². The van der Waals surface area contributed by atoms with Crippen molar-refractivity contribution in [1.82, 2.24) is 5.32 Å². The van der Waals surface area contributed by atoms with E-state index in [2.05, 4.69) is 36.2 Å². The Morgan fingerprint density at radius 3 is 2.91 bits per heavy atom. The maximum absolute atomic E-state index is 3.07. The molecule has 2 heteroatoms. The highest BCUT2D eigenvalue weighted by atomic mass is 32.1. The van der Waals surface area contributed by atoms with Crippen molar-refractivity contribution in [2.24, 2.45) is 0 Å². The first-order valence-electron chi connectivity index (χ1n) is 3.53. The molecule has 58 valence electrons. The number of nitrogens with one attached hydrogen (secondary N) is 1. The van der Waals surface area contributed by atoms with Crippen molar-refractivity contribution < 1.29 is 0 Å². The SMILES string of the molecule is CNCC#Cc1ccc(C)s1. The summed E-state index contributed by atoms with van der Waals surface area (Å²) in [7, 11) is 1.90. The van der Waals surface area contributed by atoms with E-state index in [4.69, 9.17) is 0 Å². The molecule has 11 heavy (non-hydrogen) atoms. The fraction of sp³-hybridized carbons (Fsp3) is 0.333. The molecule has 1 aromatic heterocycles. The monoisotopic (exact) mass is 165 g/mol. The molecule has 1 N–H and O–H groups in total. The fourth-order valence-corrected chi connectivity index (χ4v) is 1.46. The van der Waals surface area contributed by atoms with Crippen molar-refractivity contribution >= 4 is 11.3 Å². The fourth-order valence-electron chi connectivity index (χ4n) is 0.721. The van der Waals surface area contributed by atoms with Gasteiger partial charge in [0, 0.05) is 4.88 Å². The van der Waals surface area contributed by atoms with Crippen LogP contribution in [0.4, 0.5) is 0 Å². The molecule has 0 unspecified atom stereocenters. The van der Waals surface area contributed by atoms with Gasteiger partial charge in [-0.1, -0.05) is 11.8 Å². The third-order valence-electron chi connectivity index (χ3n) is 1.22. The molecule has 0 aliphatic carbocycles. The molecule has 1 rings (SSSR count). The van der Waals surface area contributed by atoms with Crippen LogP contribution < -0.4 is 5.32 Å². The molecule has 0 atom stereocenters. The smallest absolute Gasteiger partial charge is 0.0771 e. The lowest BCUT2D eigenvalue weighted by atomic mass is 10.4. The van der Waals surface area contributed by atoms with Crippen LogP contribution in [-0.2, 0) is 0 Å². The predicted octanol–water partition coefficient (Wildman–Crippen LogP) is 1.63. The van der Waals surface area contributed by atoms with E-state index >= 15 is 0 Å². The van der Waals surface area contributed by atoms with Gasteiger partial charge in [-0.15, -0.1) is 11.3 Å². The average Bonchev–Trinajstić information content (AvgIpc) is 2.37. The van der Waals surface area contributed by atoms with Gasteiger partial charge in [-0.3, -0.25) is 0 Å². The zero-order valence-electron chi connectivity index (χ0n) is 6.77. The first-order chi connectivity index (χ1) is 5.33. The largest absolute Gasteiger partial charge is 0.309 e. The van der Waals surface area contributed by atoms with Gasteiger partial charge < -0.3 is 5.32 Å². The maximum Gasteiger partial charge on any atom is 0.0771 e. The highest BCUT2D eigenvalue weighted by Crippen LogP contribution is 2.12. The summed E-state index contributed by atoms with van der Waals surface area (Å²) in [4.78, 5) is 2.47. The van der Waals surface area contributed by atoms with E-state index < -0.39 is 0 Å². The van der Waals surface area contributed by atoms with Crippen LogP contribution in [0.3, 0.4) is 0 Å². The van der Waals surface area contributed by atoms with Crippen LogP contribution in [0.1, 0.15) is 9.75 Å². The molecular weight excluding hydrogens is 154 g/mol. The third-order valence-corrected chi connectivity index (χ3v) is 2.13. The van der Waals surface area contributed by atoms with E-state index in [9.17, 15) is 0 Å². The zero-order chi connectivity index (χ0) is 8.10. The topological polar surface area (TPSA) is 12.0 Å². The molecule has 1 heterocycles. The summed E-state index contributed by atoms with van der Waals surface area (Å²) in [6.07, 6.45) is 0. The third kappa shape index (κ3) is 2.75. The lowest BCUT2D eigenvalue weighted by Crippen LogP contribution is -2.04. The highest BCUT2D eigenvalue weighted by molar-refractivity contribution is 7.12. The first-order valence-corrected chi connectivity index (χ1v) is 4.34. The number of thiophene rings is 1. The van der Waals surface area contributed by atoms with E-state index in [0.29, 0.717) is 0 Å². The zero-order valence-corrected chi connectivity index (χ0v) is 7.59. The molecule has 1 aromatic rings. The summed E-state index contributed by atoms with van der Waals surface area (Å²) < 4.78 is 0. The average molecular weight is 165 g/mol. The van der Waals surface area contributed by atoms with Crippen LogP contribution in [0, 0.1) is 18.8 Å². The Labute approximate surface area is 71.4 Å². The van der Waals surface area contributed by atoms with Gasteiger partial charge in [0.05, 0.1) is 11.4 Å². The molecule has 0 aliphatic heterocycles. The Hall–Kier alpha value is -0.780. The Balaban J connectivity index is 2.59. The van der Waals surface area contributed by atoms with Gasteiger partial charge in [0.2, 0.25) is 0 Å². The molecule has 0 bridgehead atoms. The molecule has 0 aromatic carbocycles. The Bertz CT molecular complexity index is 277. The van der Waals surface area contributed by atoms with E-state index in [1.54, 1.807) is 11.3 Å². The summed E-state index contributed by atoms with van der Waals surface area (Å²) in [5, 5.41) is 2.98. The molecule has 0 aliphatic rings. The van der Waals surface area contributed by atoms with Crippen molar-refractivity contribution in [2.75, 3.05) is 13.6 Å². The summed E-state index contributed by atoms with van der Waals surface area (Å²) >= 11 is 1.74. The second-order valence-corrected chi connectivity index (χ2v) is 3.53. The molecule has 0 saturated carbocycles. The van der Waals surface area contributed by atoms with Crippen LogP contribution in [0.2, 0.25) is 0 Å². The van der Waals surface area contributed by atoms with Gasteiger partial charge in [-0.25, -0.2) is 0 Å². The van der Waals surface area contributed by atoms with Gasteiger partial charge in [0.1, 0.15) is 0 Å². The first kappa shape index (κ1) is 8.32. The van der Waals surface area contributed by atoms with Crippen LogP contribution in [-0.4, -0.2) is 13.6 Å². The Morgan fingerprint density at radius 1 is 1.55 bits per heavy atom. The summed E-state index contributed by atoms with van der Waals surface area (Å²) in [5.41, 5.74) is 0. The van der Waals surface area contributed by atoms with E-state index in [1.165, 1.54) is 4.88 Å². The van der Waals surface area contributed by atoms with Gasteiger partial charge in [-0.05, 0) is 26.1 Å². The predicted molar refractivity (Wildman–Crippen MR) is 49.9 cm³/mol. The second kappa shape index (κ2) is 4.17. The minimum atomic E-state index is 0.761. The number of rotatable bonds is 1. The molecule has 0 saturated heterocycles. The molecular formula is C9H11NS. The van der Waals surface area contributed by atoms with E-state index in [0.717, 1.165) is 11.4 Å². The molecule has 1 nitrogen and oxygen atoms in total. The highest BCUT2D eigenvalue weighted by Gasteiger charge is 1.88. The van der Waals surface area contributed by atoms with E-state index in [1.807, 2.05) is 7.05 Å².